The Hall–Kier alpha value is -1.51. The van der Waals surface area contributed by atoms with Gasteiger partial charge in [-0.2, -0.15) is 0 Å². The molecular weight excluding hydrogens is 436 g/mol. The van der Waals surface area contributed by atoms with E-state index in [1.54, 1.807) is 18.2 Å². The highest BCUT2D eigenvalue weighted by Gasteiger charge is 2.25. The van der Waals surface area contributed by atoms with Gasteiger partial charge in [0.05, 0.1) is 8.95 Å². The van der Waals surface area contributed by atoms with Gasteiger partial charge in [-0.15, -0.1) is 0 Å². The highest BCUT2D eigenvalue weighted by Crippen LogP contribution is 2.35. The largest absolute Gasteiger partial charge is 0.487 e. The summed E-state index contributed by atoms with van der Waals surface area (Å²) in [5.74, 6) is -0.457. The van der Waals surface area contributed by atoms with Crippen molar-refractivity contribution in [1.82, 2.24) is 10.6 Å². The number of nitrogens with one attached hydrogen (secondary N) is 2. The Bertz CT molecular complexity index is 671. The van der Waals surface area contributed by atoms with Crippen molar-refractivity contribution in [3.63, 3.8) is 0 Å². The van der Waals surface area contributed by atoms with Crippen LogP contribution in [0.15, 0.2) is 39.3 Å². The van der Waals surface area contributed by atoms with E-state index in [1.807, 2.05) is 0 Å². The molecule has 1 aliphatic heterocycles. The maximum atomic E-state index is 11.8. The normalized spacial score (nSPS) is 14.3. The molecule has 1 fully saturated rings. The summed E-state index contributed by atoms with van der Waals surface area (Å²) in [4.78, 5) is 23.6. The maximum absolute atomic E-state index is 11.8. The molecule has 0 saturated carbocycles. The molecule has 1 aliphatic rings. The third-order valence-electron chi connectivity index (χ3n) is 2.62. The Morgan fingerprint density at radius 3 is 2.23 bits per heavy atom. The Kier molecular flexibility index (Phi) is 5.49. The number of amides is 2. The van der Waals surface area contributed by atoms with Gasteiger partial charge < -0.3 is 4.74 Å². The average Bonchev–Trinajstić information content (AvgIpc) is 2.42. The first-order valence-electron chi connectivity index (χ1n) is 6.03. The Morgan fingerprint density at radius 2 is 1.73 bits per heavy atom. The molecule has 2 rings (SSSR count). The fourth-order valence-electron chi connectivity index (χ4n) is 1.72. The van der Waals surface area contributed by atoms with E-state index in [4.69, 9.17) is 17.0 Å². The quantitative estimate of drug-likeness (QED) is 0.323. The third-order valence-corrected chi connectivity index (χ3v) is 4.00. The van der Waals surface area contributed by atoms with Crippen molar-refractivity contribution in [2.24, 2.45) is 0 Å². The van der Waals surface area contributed by atoms with E-state index in [1.165, 1.54) is 6.08 Å². The number of hydrogen-bond acceptors (Lipinski definition) is 4. The maximum Gasteiger partial charge on any atom is 0.263 e. The van der Waals surface area contributed by atoms with Gasteiger partial charge >= 0.3 is 0 Å². The lowest BCUT2D eigenvalue weighted by Gasteiger charge is -2.16. The second-order valence-corrected chi connectivity index (χ2v) is 6.33. The van der Waals surface area contributed by atoms with E-state index in [0.717, 1.165) is 0 Å². The minimum Gasteiger partial charge on any atom is -0.487 e. The van der Waals surface area contributed by atoms with Crippen molar-refractivity contribution in [2.75, 3.05) is 6.61 Å². The highest BCUT2D eigenvalue weighted by atomic mass is 79.9. The van der Waals surface area contributed by atoms with E-state index in [0.29, 0.717) is 26.9 Å². The van der Waals surface area contributed by atoms with Crippen LogP contribution in [0.4, 0.5) is 0 Å². The fourth-order valence-corrected chi connectivity index (χ4v) is 3.35. The number of carbonyl (C=O) groups excluding carboxylic acids is 2. The van der Waals surface area contributed by atoms with Gasteiger partial charge in [-0.05, 0) is 67.8 Å². The molecule has 0 atom stereocenters. The molecule has 8 heteroatoms. The molecular formula is C14H10Br2N2O3S. The highest BCUT2D eigenvalue weighted by molar-refractivity contribution is 9.11. The molecule has 2 amide bonds. The first kappa shape index (κ1) is 16.9. The molecule has 0 bridgehead atoms. The van der Waals surface area contributed by atoms with Crippen molar-refractivity contribution >= 4 is 67.1 Å². The summed E-state index contributed by atoms with van der Waals surface area (Å²) in [5, 5.41) is 4.77. The van der Waals surface area contributed by atoms with Gasteiger partial charge in [-0.25, -0.2) is 0 Å². The zero-order valence-corrected chi connectivity index (χ0v) is 15.1. The standard InChI is InChI=1S/C14H10Br2N2O3S/c1-2-3-21-11-9(15)5-7(6-10(11)16)4-8-12(19)17-14(22)18-13(8)20/h2,4-6H,1,3H2,(H2,17,18,19,20,22). The van der Waals surface area contributed by atoms with Gasteiger partial charge in [0.25, 0.3) is 11.8 Å². The molecule has 114 valence electrons. The van der Waals surface area contributed by atoms with Crippen LogP contribution in [-0.2, 0) is 9.59 Å². The van der Waals surface area contributed by atoms with Crippen molar-refractivity contribution in [1.29, 1.82) is 0 Å². The zero-order chi connectivity index (χ0) is 16.3. The number of rotatable bonds is 4. The van der Waals surface area contributed by atoms with Crippen LogP contribution in [0.25, 0.3) is 6.08 Å². The van der Waals surface area contributed by atoms with E-state index < -0.39 is 11.8 Å². The number of halogens is 2. The molecule has 1 aromatic carbocycles. The second-order valence-electron chi connectivity index (χ2n) is 4.21. The average molecular weight is 446 g/mol. The number of benzene rings is 1. The molecule has 1 saturated heterocycles. The van der Waals surface area contributed by atoms with E-state index >= 15 is 0 Å². The lowest BCUT2D eigenvalue weighted by Crippen LogP contribution is -2.51. The molecule has 0 radical (unpaired) electrons. The van der Waals surface area contributed by atoms with Crippen molar-refractivity contribution < 1.29 is 14.3 Å². The van der Waals surface area contributed by atoms with Crippen LogP contribution in [0.3, 0.4) is 0 Å². The Morgan fingerprint density at radius 1 is 1.18 bits per heavy atom. The van der Waals surface area contributed by atoms with Crippen LogP contribution in [0.1, 0.15) is 5.56 Å². The molecule has 1 heterocycles. The molecule has 2 N–H and O–H groups in total. The Labute approximate surface area is 149 Å². The summed E-state index contributed by atoms with van der Waals surface area (Å²) in [5.41, 5.74) is 0.630. The molecule has 0 unspecified atom stereocenters. The number of hydrogen-bond donors (Lipinski definition) is 2. The second kappa shape index (κ2) is 7.17. The third kappa shape index (κ3) is 3.82. The smallest absolute Gasteiger partial charge is 0.263 e. The van der Waals surface area contributed by atoms with Gasteiger partial charge in [0, 0.05) is 0 Å². The summed E-state index contributed by atoms with van der Waals surface area (Å²) in [6, 6.07) is 3.48. The van der Waals surface area contributed by atoms with Crippen LogP contribution in [-0.4, -0.2) is 23.5 Å². The summed E-state index contributed by atoms with van der Waals surface area (Å²) >= 11 is 11.5. The summed E-state index contributed by atoms with van der Waals surface area (Å²) in [6.45, 7) is 3.95. The minimum atomic E-state index is -0.534. The lowest BCUT2D eigenvalue weighted by molar-refractivity contribution is -0.123. The SMILES string of the molecule is C=CCOc1c(Br)cc(C=C2C(=O)NC(=S)NC2=O)cc1Br. The molecule has 0 aliphatic carbocycles. The number of ether oxygens (including phenoxy) is 1. The molecule has 0 aromatic heterocycles. The first-order valence-corrected chi connectivity index (χ1v) is 8.03. The number of thiocarbonyl (C=S) groups is 1. The van der Waals surface area contributed by atoms with Crippen LogP contribution in [0.5, 0.6) is 5.75 Å². The van der Waals surface area contributed by atoms with Crippen molar-refractivity contribution in [3.8, 4) is 5.75 Å². The van der Waals surface area contributed by atoms with Gasteiger partial charge in [0.2, 0.25) is 0 Å². The monoisotopic (exact) mass is 444 g/mol. The van der Waals surface area contributed by atoms with Crippen LogP contribution >= 0.6 is 44.1 Å². The molecule has 1 aromatic rings. The Balaban J connectivity index is 2.35. The van der Waals surface area contributed by atoms with Crippen LogP contribution < -0.4 is 15.4 Å². The van der Waals surface area contributed by atoms with Gasteiger partial charge in [-0.3, -0.25) is 20.2 Å². The molecule has 5 nitrogen and oxygen atoms in total. The predicted octanol–water partition coefficient (Wildman–Crippen LogP) is 2.69. The first-order chi connectivity index (χ1) is 10.4. The summed E-state index contributed by atoms with van der Waals surface area (Å²) in [6.07, 6.45) is 3.10. The molecule has 22 heavy (non-hydrogen) atoms. The van der Waals surface area contributed by atoms with Gasteiger partial charge in [-0.1, -0.05) is 12.7 Å². The van der Waals surface area contributed by atoms with Crippen molar-refractivity contribution in [3.05, 3.63) is 44.9 Å². The predicted molar refractivity (Wildman–Crippen MR) is 94.4 cm³/mol. The molecule has 0 spiro atoms. The van der Waals surface area contributed by atoms with Gasteiger partial charge in [0.15, 0.2) is 5.11 Å². The van der Waals surface area contributed by atoms with Gasteiger partial charge in [0.1, 0.15) is 17.9 Å². The van der Waals surface area contributed by atoms with E-state index in [2.05, 4.69) is 49.1 Å². The van der Waals surface area contributed by atoms with E-state index in [-0.39, 0.29) is 10.7 Å². The van der Waals surface area contributed by atoms with Crippen LogP contribution in [0.2, 0.25) is 0 Å². The number of carbonyl (C=O) groups is 2. The summed E-state index contributed by atoms with van der Waals surface area (Å²) in [7, 11) is 0. The topological polar surface area (TPSA) is 67.4 Å². The van der Waals surface area contributed by atoms with Crippen molar-refractivity contribution in [2.45, 2.75) is 0 Å². The van der Waals surface area contributed by atoms with Crippen LogP contribution in [0, 0.1) is 0 Å². The zero-order valence-electron chi connectivity index (χ0n) is 11.1. The van der Waals surface area contributed by atoms with E-state index in [9.17, 15) is 9.59 Å². The lowest BCUT2D eigenvalue weighted by atomic mass is 10.1. The summed E-state index contributed by atoms with van der Waals surface area (Å²) < 4.78 is 6.88. The minimum absolute atomic E-state index is 0.00249. The fraction of sp³-hybridized carbons (Fsp3) is 0.0714.